The number of hydrogen-bond acceptors (Lipinski definition) is 6. The van der Waals surface area contributed by atoms with Gasteiger partial charge >= 0.3 is 6.18 Å². The van der Waals surface area contributed by atoms with Gasteiger partial charge in [-0.15, -0.1) is 10.2 Å². The number of nitrogens with one attached hydrogen (secondary N) is 1. The molecular formula is C13H12F3N5O3S. The van der Waals surface area contributed by atoms with E-state index in [1.807, 2.05) is 6.92 Å². The van der Waals surface area contributed by atoms with Crippen molar-refractivity contribution in [1.29, 1.82) is 0 Å². The van der Waals surface area contributed by atoms with Gasteiger partial charge in [0.2, 0.25) is 5.91 Å². The molecule has 2 rings (SSSR count). The van der Waals surface area contributed by atoms with Gasteiger partial charge in [-0.05, 0) is 19.1 Å². The zero-order valence-electron chi connectivity index (χ0n) is 12.8. The van der Waals surface area contributed by atoms with Crippen molar-refractivity contribution in [3.63, 3.8) is 0 Å². The Kier molecular flexibility index (Phi) is 5.62. The highest BCUT2D eigenvalue weighted by Crippen LogP contribution is 2.35. The first kappa shape index (κ1) is 18.7. The highest BCUT2D eigenvalue weighted by Gasteiger charge is 2.33. The third-order valence-electron chi connectivity index (χ3n) is 3.05. The van der Waals surface area contributed by atoms with Gasteiger partial charge in [0, 0.05) is 12.6 Å². The lowest BCUT2D eigenvalue weighted by molar-refractivity contribution is -0.384. The second kappa shape index (κ2) is 7.51. The van der Waals surface area contributed by atoms with Crippen LogP contribution >= 0.6 is 11.8 Å². The maximum Gasteiger partial charge on any atom is 0.416 e. The Balaban J connectivity index is 2.11. The van der Waals surface area contributed by atoms with Crippen molar-refractivity contribution in [2.75, 3.05) is 11.1 Å². The number of alkyl halides is 3. The molecule has 0 bridgehead atoms. The Bertz CT molecular complexity index is 793. The molecule has 1 aromatic carbocycles. The molecule has 25 heavy (non-hydrogen) atoms. The topological polar surface area (TPSA) is 103 Å². The molecule has 0 aliphatic heterocycles. The molecule has 8 nitrogen and oxygen atoms in total. The van der Waals surface area contributed by atoms with E-state index in [9.17, 15) is 28.1 Å². The normalized spacial score (nSPS) is 11.4. The smallest absolute Gasteiger partial charge is 0.320 e. The lowest BCUT2D eigenvalue weighted by Crippen LogP contribution is -2.16. The minimum atomic E-state index is -4.71. The van der Waals surface area contributed by atoms with Crippen molar-refractivity contribution in [3.8, 4) is 0 Å². The van der Waals surface area contributed by atoms with E-state index < -0.39 is 28.3 Å². The van der Waals surface area contributed by atoms with E-state index in [2.05, 4.69) is 15.5 Å². The summed E-state index contributed by atoms with van der Waals surface area (Å²) in [6, 6.07) is 1.91. The van der Waals surface area contributed by atoms with Gasteiger partial charge < -0.3 is 9.88 Å². The lowest BCUT2D eigenvalue weighted by atomic mass is 10.1. The van der Waals surface area contributed by atoms with Crippen LogP contribution in [0, 0.1) is 10.1 Å². The predicted molar refractivity (Wildman–Crippen MR) is 83.1 cm³/mol. The van der Waals surface area contributed by atoms with Crippen molar-refractivity contribution in [2.24, 2.45) is 0 Å². The number of nitro benzene ring substituents is 1. The molecule has 0 unspecified atom stereocenters. The molecule has 1 aromatic heterocycles. The van der Waals surface area contributed by atoms with E-state index in [0.29, 0.717) is 23.8 Å². The molecule has 0 saturated heterocycles. The maximum atomic E-state index is 12.6. The molecular weight excluding hydrogens is 363 g/mol. The summed E-state index contributed by atoms with van der Waals surface area (Å²) in [5.74, 6) is -0.741. The number of hydrogen-bond donors (Lipinski definition) is 1. The second-order valence-corrected chi connectivity index (χ2v) is 5.67. The number of amides is 1. The van der Waals surface area contributed by atoms with E-state index in [0.717, 1.165) is 17.8 Å². The van der Waals surface area contributed by atoms with Crippen LogP contribution in [-0.4, -0.2) is 31.3 Å². The van der Waals surface area contributed by atoms with Gasteiger partial charge in [0.25, 0.3) is 5.69 Å². The van der Waals surface area contributed by atoms with Gasteiger partial charge in [-0.2, -0.15) is 13.2 Å². The summed E-state index contributed by atoms with van der Waals surface area (Å²) in [5.41, 5.74) is -2.30. The number of thioether (sulfide) groups is 1. The summed E-state index contributed by atoms with van der Waals surface area (Å²) in [4.78, 5) is 21.9. The molecule has 0 aliphatic rings. The molecule has 0 spiro atoms. The Hall–Kier alpha value is -2.63. The minimum absolute atomic E-state index is 0.128. The molecule has 0 saturated carbocycles. The Morgan fingerprint density at radius 2 is 2.16 bits per heavy atom. The SMILES string of the molecule is CCn1cnnc1SCC(=O)Nc1ccc(C(F)(F)F)cc1[N+](=O)[O-]. The number of anilines is 1. The Labute approximate surface area is 143 Å². The van der Waals surface area contributed by atoms with Crippen LogP contribution in [0.25, 0.3) is 0 Å². The van der Waals surface area contributed by atoms with E-state index >= 15 is 0 Å². The highest BCUT2D eigenvalue weighted by molar-refractivity contribution is 7.99. The summed E-state index contributed by atoms with van der Waals surface area (Å²) >= 11 is 1.05. The number of benzene rings is 1. The lowest BCUT2D eigenvalue weighted by Gasteiger charge is -2.10. The molecule has 2 aromatic rings. The Morgan fingerprint density at radius 3 is 2.76 bits per heavy atom. The van der Waals surface area contributed by atoms with Crippen LogP contribution in [0.2, 0.25) is 0 Å². The number of aromatic nitrogens is 3. The third-order valence-corrected chi connectivity index (χ3v) is 4.03. The molecule has 0 aliphatic carbocycles. The summed E-state index contributed by atoms with van der Waals surface area (Å²) in [6.07, 6.45) is -3.23. The number of rotatable bonds is 6. The van der Waals surface area contributed by atoms with Crippen LogP contribution < -0.4 is 5.32 Å². The standard InChI is InChI=1S/C13H12F3N5O3S/c1-2-20-7-17-19-12(20)25-6-11(22)18-9-4-3-8(13(14,15)16)5-10(9)21(23)24/h3-5,7H,2,6H2,1H3,(H,18,22). The molecule has 134 valence electrons. The number of nitro groups is 1. The number of halogens is 3. The van der Waals surface area contributed by atoms with Gasteiger partial charge in [0.15, 0.2) is 5.16 Å². The van der Waals surface area contributed by atoms with Crippen LogP contribution in [0.5, 0.6) is 0 Å². The number of carbonyl (C=O) groups is 1. The first-order valence-electron chi connectivity index (χ1n) is 6.88. The van der Waals surface area contributed by atoms with Crippen molar-refractivity contribution in [2.45, 2.75) is 24.8 Å². The third kappa shape index (κ3) is 4.68. The Morgan fingerprint density at radius 1 is 1.44 bits per heavy atom. The highest BCUT2D eigenvalue weighted by atomic mass is 32.2. The van der Waals surface area contributed by atoms with Gasteiger partial charge in [0.1, 0.15) is 12.0 Å². The zero-order chi connectivity index (χ0) is 18.6. The molecule has 12 heteroatoms. The van der Waals surface area contributed by atoms with Crippen LogP contribution in [0.1, 0.15) is 12.5 Å². The number of nitrogens with zero attached hydrogens (tertiary/aromatic N) is 4. The largest absolute Gasteiger partial charge is 0.416 e. The van der Waals surface area contributed by atoms with Gasteiger partial charge in [-0.1, -0.05) is 11.8 Å². The van der Waals surface area contributed by atoms with Crippen LogP contribution in [0.4, 0.5) is 24.5 Å². The van der Waals surface area contributed by atoms with Gasteiger partial charge in [-0.25, -0.2) is 0 Å². The molecule has 0 fully saturated rings. The summed E-state index contributed by atoms with van der Waals surface area (Å²) in [5, 5.41) is 21.2. The van der Waals surface area contributed by atoms with Crippen LogP contribution in [-0.2, 0) is 17.5 Å². The van der Waals surface area contributed by atoms with Crippen molar-refractivity contribution < 1.29 is 22.9 Å². The number of aryl methyl sites for hydroxylation is 1. The molecule has 0 atom stereocenters. The van der Waals surface area contributed by atoms with Crippen molar-refractivity contribution in [3.05, 3.63) is 40.2 Å². The fourth-order valence-electron chi connectivity index (χ4n) is 1.85. The first-order chi connectivity index (χ1) is 11.7. The number of carbonyl (C=O) groups excluding carboxylic acids is 1. The second-order valence-electron chi connectivity index (χ2n) is 4.72. The molecule has 1 N–H and O–H groups in total. The van der Waals surface area contributed by atoms with E-state index in [-0.39, 0.29) is 11.4 Å². The van der Waals surface area contributed by atoms with E-state index in [1.54, 1.807) is 4.57 Å². The quantitative estimate of drug-likeness (QED) is 0.473. The summed E-state index contributed by atoms with van der Waals surface area (Å²) in [6.45, 7) is 2.46. The fraction of sp³-hybridized carbons (Fsp3) is 0.308. The average molecular weight is 375 g/mol. The predicted octanol–water partition coefficient (Wildman–Crippen LogP) is 2.96. The average Bonchev–Trinajstić information content (AvgIpc) is 2.99. The maximum absolute atomic E-state index is 12.6. The van der Waals surface area contributed by atoms with Crippen molar-refractivity contribution >= 4 is 29.0 Å². The zero-order valence-corrected chi connectivity index (χ0v) is 13.6. The van der Waals surface area contributed by atoms with Crippen LogP contribution in [0.15, 0.2) is 29.7 Å². The fourth-order valence-corrected chi connectivity index (χ4v) is 2.63. The molecule has 1 amide bonds. The van der Waals surface area contributed by atoms with Gasteiger partial charge in [-0.3, -0.25) is 14.9 Å². The summed E-state index contributed by atoms with van der Waals surface area (Å²) < 4.78 is 39.6. The minimum Gasteiger partial charge on any atom is -0.320 e. The van der Waals surface area contributed by atoms with E-state index in [1.165, 1.54) is 6.33 Å². The van der Waals surface area contributed by atoms with Crippen molar-refractivity contribution in [1.82, 2.24) is 14.8 Å². The summed E-state index contributed by atoms with van der Waals surface area (Å²) in [7, 11) is 0. The van der Waals surface area contributed by atoms with Crippen LogP contribution in [0.3, 0.4) is 0 Å². The molecule has 1 heterocycles. The molecule has 0 radical (unpaired) electrons. The van der Waals surface area contributed by atoms with E-state index in [4.69, 9.17) is 0 Å². The first-order valence-corrected chi connectivity index (χ1v) is 7.87. The monoisotopic (exact) mass is 375 g/mol. The van der Waals surface area contributed by atoms with Gasteiger partial charge in [0.05, 0.1) is 16.2 Å².